The van der Waals surface area contributed by atoms with Crippen LogP contribution in [0, 0.1) is 0 Å². The van der Waals surface area contributed by atoms with Gasteiger partial charge < -0.3 is 20.7 Å². The number of aromatic nitrogens is 4. The molecule has 0 unspecified atom stereocenters. The molecule has 0 amide bonds. The highest BCUT2D eigenvalue weighted by atomic mass is 16.5. The number of aromatic amines is 1. The number of likely N-dealkylation sites (N-methyl/N-ethyl adjacent to an activating group) is 1. The molecule has 3 fully saturated rings. The van der Waals surface area contributed by atoms with E-state index in [0.717, 1.165) is 25.5 Å². The molecule has 4 N–H and O–H groups in total. The topological polar surface area (TPSA) is 105 Å². The molecule has 0 aromatic carbocycles. The summed E-state index contributed by atoms with van der Waals surface area (Å²) in [5, 5.41) is 10.5. The summed E-state index contributed by atoms with van der Waals surface area (Å²) in [7, 11) is 2.16. The second-order valence-electron chi connectivity index (χ2n) is 8.28. The maximum atomic E-state index is 5.73. The van der Waals surface area contributed by atoms with Crippen molar-refractivity contribution in [1.82, 2.24) is 25.1 Å². The molecular formula is C20H31N7O. The summed E-state index contributed by atoms with van der Waals surface area (Å²) in [6, 6.07) is 3.81. The summed E-state index contributed by atoms with van der Waals surface area (Å²) in [6.07, 6.45) is 10.7. The molecule has 2 aromatic heterocycles. The zero-order valence-corrected chi connectivity index (χ0v) is 16.7. The number of ether oxygens (including phenoxy) is 1. The molecule has 0 atom stereocenters. The lowest BCUT2D eigenvalue weighted by Gasteiger charge is -2.50. The van der Waals surface area contributed by atoms with E-state index in [-0.39, 0.29) is 5.95 Å². The van der Waals surface area contributed by atoms with Crippen molar-refractivity contribution in [2.45, 2.75) is 56.5 Å². The van der Waals surface area contributed by atoms with Crippen LogP contribution in [0.2, 0.25) is 0 Å². The van der Waals surface area contributed by atoms with Crippen molar-refractivity contribution < 1.29 is 4.74 Å². The predicted molar refractivity (Wildman–Crippen MR) is 110 cm³/mol. The molecule has 1 aliphatic carbocycles. The minimum Gasteiger partial charge on any atom is -0.372 e. The number of nitrogens with two attached hydrogens (primary N) is 1. The summed E-state index contributed by atoms with van der Waals surface area (Å²) in [5.74, 6) is 2.32. The van der Waals surface area contributed by atoms with Gasteiger partial charge in [-0.2, -0.15) is 10.1 Å². The number of hydrogen-bond acceptors (Lipinski definition) is 7. The third kappa shape index (κ3) is 4.62. The van der Waals surface area contributed by atoms with Crippen LogP contribution in [-0.4, -0.2) is 57.4 Å². The van der Waals surface area contributed by atoms with E-state index >= 15 is 0 Å². The van der Waals surface area contributed by atoms with Crippen LogP contribution < -0.4 is 11.1 Å². The van der Waals surface area contributed by atoms with E-state index in [1.165, 1.54) is 50.6 Å². The number of likely N-dealkylation sites (tertiary alicyclic amines) is 1. The first-order chi connectivity index (χ1) is 13.6. The lowest BCUT2D eigenvalue weighted by atomic mass is 9.87. The fourth-order valence-electron chi connectivity index (χ4n) is 4.52. The summed E-state index contributed by atoms with van der Waals surface area (Å²) >= 11 is 0. The average Bonchev–Trinajstić information content (AvgIpc) is 3.34. The van der Waals surface area contributed by atoms with Gasteiger partial charge in [0, 0.05) is 43.6 Å². The van der Waals surface area contributed by atoms with Crippen LogP contribution >= 0.6 is 0 Å². The normalized spacial score (nSPS) is 21.8. The number of nitrogens with zero attached hydrogens (tertiary/aromatic N) is 4. The van der Waals surface area contributed by atoms with Crippen molar-refractivity contribution in [2.24, 2.45) is 0 Å². The number of rotatable bonds is 3. The quantitative estimate of drug-likeness (QED) is 0.746. The Morgan fingerprint density at radius 2 is 2.04 bits per heavy atom. The van der Waals surface area contributed by atoms with E-state index in [1.54, 1.807) is 12.3 Å². The molecule has 5 rings (SSSR count). The summed E-state index contributed by atoms with van der Waals surface area (Å²) in [4.78, 5) is 10.2. The fraction of sp³-hybridized carbons (Fsp3) is 0.650. The highest BCUT2D eigenvalue weighted by Crippen LogP contribution is 2.34. The zero-order chi connectivity index (χ0) is 19.4. The first kappa shape index (κ1) is 19.1. The molecule has 28 heavy (non-hydrogen) atoms. The largest absolute Gasteiger partial charge is 0.372 e. The lowest BCUT2D eigenvalue weighted by molar-refractivity contribution is -0.158. The molecule has 0 bridgehead atoms. The number of H-pyrrole nitrogens is 1. The molecule has 2 saturated heterocycles. The van der Waals surface area contributed by atoms with E-state index in [4.69, 9.17) is 10.5 Å². The van der Waals surface area contributed by atoms with Crippen molar-refractivity contribution in [1.29, 1.82) is 0 Å². The lowest BCUT2D eigenvalue weighted by Crippen LogP contribution is -2.62. The predicted octanol–water partition coefficient (Wildman–Crippen LogP) is 3.05. The zero-order valence-electron chi connectivity index (χ0n) is 16.7. The van der Waals surface area contributed by atoms with Crippen molar-refractivity contribution in [3.8, 4) is 0 Å². The maximum absolute atomic E-state index is 5.73. The number of nitrogens with one attached hydrogen (secondary N) is 2. The number of anilines is 3. The minimum atomic E-state index is 0.256. The van der Waals surface area contributed by atoms with Crippen molar-refractivity contribution in [3.63, 3.8) is 0 Å². The third-order valence-corrected chi connectivity index (χ3v) is 5.87. The second-order valence-corrected chi connectivity index (χ2v) is 8.28. The van der Waals surface area contributed by atoms with Gasteiger partial charge in [0.1, 0.15) is 5.82 Å². The van der Waals surface area contributed by atoms with E-state index in [9.17, 15) is 0 Å². The van der Waals surface area contributed by atoms with Gasteiger partial charge in [-0.3, -0.25) is 5.10 Å². The fourth-order valence-corrected chi connectivity index (χ4v) is 4.52. The molecular weight excluding hydrogens is 354 g/mol. The van der Waals surface area contributed by atoms with E-state index < -0.39 is 0 Å². The summed E-state index contributed by atoms with van der Waals surface area (Å²) < 4.78 is 5.73. The highest BCUT2D eigenvalue weighted by Gasteiger charge is 2.42. The maximum Gasteiger partial charge on any atom is 0.221 e. The van der Waals surface area contributed by atoms with E-state index in [1.807, 2.05) is 6.07 Å². The number of nitrogen functional groups attached to an aromatic ring is 1. The van der Waals surface area contributed by atoms with Crippen LogP contribution in [0.15, 0.2) is 18.3 Å². The standard InChI is InChI=1S/C12H16N6.C8H15NO/c13-12-14-6-5-10(16-12)15-11-7-9(17-18-11)8-3-1-2-4-8;1-9-6-8(7-9)4-2-3-5-10-8/h5-8H,1-4H2,(H4,13,14,15,16,17,18);2-7H2,1H3. The second kappa shape index (κ2) is 8.45. The van der Waals surface area contributed by atoms with Crippen LogP contribution in [0.3, 0.4) is 0 Å². The van der Waals surface area contributed by atoms with Gasteiger partial charge >= 0.3 is 0 Å². The van der Waals surface area contributed by atoms with Crippen LogP contribution in [0.1, 0.15) is 56.6 Å². The first-order valence-electron chi connectivity index (χ1n) is 10.4. The van der Waals surface area contributed by atoms with Gasteiger partial charge in [0.05, 0.1) is 5.60 Å². The van der Waals surface area contributed by atoms with Crippen molar-refractivity contribution in [3.05, 3.63) is 24.0 Å². The van der Waals surface area contributed by atoms with Crippen LogP contribution in [0.5, 0.6) is 0 Å². The van der Waals surface area contributed by atoms with Gasteiger partial charge in [0.25, 0.3) is 0 Å². The molecule has 2 aromatic rings. The molecule has 0 radical (unpaired) electrons. The van der Waals surface area contributed by atoms with Crippen LogP contribution in [-0.2, 0) is 4.74 Å². The van der Waals surface area contributed by atoms with Gasteiger partial charge in [-0.05, 0) is 45.2 Å². The SMILES string of the molecule is CN1CC2(CCCCO2)C1.Nc1nccc(Nc2cc(C3CCCC3)[nH]n2)n1. The van der Waals surface area contributed by atoms with Crippen LogP contribution in [0.4, 0.5) is 17.6 Å². The Bertz CT molecular complexity index is 750. The number of hydrogen-bond donors (Lipinski definition) is 3. The van der Waals surface area contributed by atoms with Gasteiger partial charge in [0.2, 0.25) is 5.95 Å². The molecule has 2 aliphatic heterocycles. The Hall–Kier alpha value is -2.19. The van der Waals surface area contributed by atoms with Gasteiger partial charge in [-0.25, -0.2) is 4.98 Å². The minimum absolute atomic E-state index is 0.256. The highest BCUT2D eigenvalue weighted by molar-refractivity contribution is 5.52. The molecule has 8 heteroatoms. The Balaban J connectivity index is 0.000000162. The van der Waals surface area contributed by atoms with Gasteiger partial charge in [-0.15, -0.1) is 0 Å². The Labute approximate surface area is 166 Å². The van der Waals surface area contributed by atoms with E-state index in [0.29, 0.717) is 17.3 Å². The molecule has 1 spiro atoms. The Morgan fingerprint density at radius 3 is 2.71 bits per heavy atom. The summed E-state index contributed by atoms with van der Waals surface area (Å²) in [5.41, 5.74) is 7.03. The van der Waals surface area contributed by atoms with E-state index in [2.05, 4.69) is 37.4 Å². The summed E-state index contributed by atoms with van der Waals surface area (Å²) in [6.45, 7) is 3.31. The molecule has 3 aliphatic rings. The van der Waals surface area contributed by atoms with Crippen LogP contribution in [0.25, 0.3) is 0 Å². The molecule has 152 valence electrons. The molecule has 1 saturated carbocycles. The Kier molecular flexibility index (Phi) is 5.77. The average molecular weight is 386 g/mol. The third-order valence-electron chi connectivity index (χ3n) is 5.87. The first-order valence-corrected chi connectivity index (χ1v) is 10.4. The Morgan fingerprint density at radius 1 is 1.21 bits per heavy atom. The van der Waals surface area contributed by atoms with Crippen molar-refractivity contribution >= 4 is 17.6 Å². The van der Waals surface area contributed by atoms with Crippen molar-refractivity contribution in [2.75, 3.05) is 37.8 Å². The molecule has 8 nitrogen and oxygen atoms in total. The smallest absolute Gasteiger partial charge is 0.221 e. The molecule has 4 heterocycles. The monoisotopic (exact) mass is 385 g/mol. The van der Waals surface area contributed by atoms with Gasteiger partial charge in [0.15, 0.2) is 5.82 Å². The van der Waals surface area contributed by atoms with Gasteiger partial charge in [-0.1, -0.05) is 12.8 Å².